The number of hydrogen-bond acceptors (Lipinski definition) is 2. The second-order valence-electron chi connectivity index (χ2n) is 3.85. The van der Waals surface area contributed by atoms with Crippen LogP contribution >= 0.6 is 11.3 Å². The Bertz CT molecular complexity index is 553. The number of hydrogen-bond donors (Lipinski definition) is 1. The highest BCUT2D eigenvalue weighted by Gasteiger charge is 2.12. The van der Waals surface area contributed by atoms with E-state index in [1.165, 1.54) is 10.9 Å². The van der Waals surface area contributed by atoms with Crippen LogP contribution in [0.4, 0.5) is 4.39 Å². The van der Waals surface area contributed by atoms with Crippen molar-refractivity contribution in [3.8, 4) is 12.3 Å². The molecule has 0 saturated carbocycles. The van der Waals surface area contributed by atoms with Crippen molar-refractivity contribution in [3.63, 3.8) is 0 Å². The first-order valence-electron chi connectivity index (χ1n) is 5.60. The monoisotopic (exact) mass is 247 g/mol. The van der Waals surface area contributed by atoms with E-state index in [2.05, 4.69) is 18.2 Å². The lowest BCUT2D eigenvalue weighted by atomic mass is 10.1. The molecule has 0 bridgehead atoms. The van der Waals surface area contributed by atoms with Crippen molar-refractivity contribution < 1.29 is 4.39 Å². The minimum atomic E-state index is -0.196. The first-order valence-corrected chi connectivity index (χ1v) is 6.42. The van der Waals surface area contributed by atoms with Crippen molar-refractivity contribution >= 4 is 21.4 Å². The normalized spacial score (nSPS) is 12.5. The number of halogens is 1. The van der Waals surface area contributed by atoms with Crippen molar-refractivity contribution in [1.82, 2.24) is 5.32 Å². The third-order valence-electron chi connectivity index (χ3n) is 2.61. The van der Waals surface area contributed by atoms with Crippen LogP contribution < -0.4 is 5.32 Å². The molecule has 3 heteroatoms. The van der Waals surface area contributed by atoms with Gasteiger partial charge >= 0.3 is 0 Å². The van der Waals surface area contributed by atoms with Crippen LogP contribution in [0.5, 0.6) is 0 Å². The molecule has 0 saturated heterocycles. The largest absolute Gasteiger partial charge is 0.309 e. The van der Waals surface area contributed by atoms with Gasteiger partial charge in [0.2, 0.25) is 0 Å². The predicted molar refractivity (Wildman–Crippen MR) is 71.7 cm³/mol. The van der Waals surface area contributed by atoms with E-state index in [0.29, 0.717) is 6.42 Å². The lowest BCUT2D eigenvalue weighted by Crippen LogP contribution is -2.19. The average Bonchev–Trinajstić information content (AvgIpc) is 2.71. The number of rotatable bonds is 4. The summed E-state index contributed by atoms with van der Waals surface area (Å²) in [5.41, 5.74) is 0. The van der Waals surface area contributed by atoms with Crippen molar-refractivity contribution in [2.75, 3.05) is 6.54 Å². The molecule has 2 aromatic rings. The Labute approximate surface area is 105 Å². The minimum absolute atomic E-state index is 0.172. The van der Waals surface area contributed by atoms with Gasteiger partial charge in [0.15, 0.2) is 0 Å². The molecule has 88 valence electrons. The maximum Gasteiger partial charge on any atom is 0.123 e. The van der Waals surface area contributed by atoms with E-state index in [9.17, 15) is 4.39 Å². The molecule has 1 nitrogen and oxygen atoms in total. The minimum Gasteiger partial charge on any atom is -0.309 e. The number of terminal acetylenes is 1. The Hall–Kier alpha value is -1.37. The summed E-state index contributed by atoms with van der Waals surface area (Å²) in [6.45, 7) is 2.92. The fourth-order valence-electron chi connectivity index (χ4n) is 1.84. The molecule has 1 aromatic heterocycles. The first kappa shape index (κ1) is 12.1. The molecular formula is C14H14FNS. The van der Waals surface area contributed by atoms with E-state index in [1.54, 1.807) is 17.4 Å². The average molecular weight is 247 g/mol. The Morgan fingerprint density at radius 2 is 2.29 bits per heavy atom. The smallest absolute Gasteiger partial charge is 0.123 e. The van der Waals surface area contributed by atoms with E-state index in [-0.39, 0.29) is 11.9 Å². The fourth-order valence-corrected chi connectivity index (χ4v) is 2.96. The van der Waals surface area contributed by atoms with Gasteiger partial charge in [-0.2, -0.15) is 0 Å². The topological polar surface area (TPSA) is 12.0 Å². The molecule has 1 unspecified atom stereocenters. The molecule has 0 amide bonds. The summed E-state index contributed by atoms with van der Waals surface area (Å²) in [5.74, 6) is 2.48. The number of benzene rings is 1. The van der Waals surface area contributed by atoms with E-state index in [1.807, 2.05) is 12.1 Å². The molecule has 0 aliphatic carbocycles. The van der Waals surface area contributed by atoms with Crippen LogP contribution in [0.1, 0.15) is 24.3 Å². The molecule has 0 spiro atoms. The third kappa shape index (κ3) is 2.66. The lowest BCUT2D eigenvalue weighted by Gasteiger charge is -2.12. The summed E-state index contributed by atoms with van der Waals surface area (Å²) in [7, 11) is 0. The van der Waals surface area contributed by atoms with E-state index in [4.69, 9.17) is 6.42 Å². The third-order valence-corrected chi connectivity index (χ3v) is 3.84. The van der Waals surface area contributed by atoms with Crippen LogP contribution in [0.2, 0.25) is 0 Å². The van der Waals surface area contributed by atoms with E-state index in [0.717, 1.165) is 16.6 Å². The van der Waals surface area contributed by atoms with Crippen LogP contribution in [-0.4, -0.2) is 6.54 Å². The molecule has 0 aliphatic rings. The Morgan fingerprint density at radius 3 is 3.00 bits per heavy atom. The maximum atomic E-state index is 13.1. The Morgan fingerprint density at radius 1 is 1.47 bits per heavy atom. The Kier molecular flexibility index (Phi) is 3.78. The standard InChI is InChI=1S/C14H14FNS/c1-3-5-12(16-4-2)14-9-10-8-11(15)6-7-13(10)17-14/h1,6-9,12,16H,4-5H2,2H3. The first-order chi connectivity index (χ1) is 8.24. The number of nitrogens with one attached hydrogen (secondary N) is 1. The number of fused-ring (bicyclic) bond motifs is 1. The van der Waals surface area contributed by atoms with Crippen LogP contribution in [0, 0.1) is 18.2 Å². The SMILES string of the molecule is C#CCC(NCC)c1cc2cc(F)ccc2s1. The molecular weight excluding hydrogens is 233 g/mol. The highest BCUT2D eigenvalue weighted by atomic mass is 32.1. The zero-order valence-electron chi connectivity index (χ0n) is 9.66. The van der Waals surface area contributed by atoms with Gasteiger partial charge in [-0.1, -0.05) is 6.92 Å². The second kappa shape index (κ2) is 5.31. The van der Waals surface area contributed by atoms with Gasteiger partial charge in [0, 0.05) is 16.0 Å². The molecule has 2 rings (SSSR count). The summed E-state index contributed by atoms with van der Waals surface area (Å²) in [6.07, 6.45) is 6.03. The molecule has 0 fully saturated rings. The van der Waals surface area contributed by atoms with Gasteiger partial charge in [-0.15, -0.1) is 23.7 Å². The van der Waals surface area contributed by atoms with E-state index < -0.39 is 0 Å². The summed E-state index contributed by atoms with van der Waals surface area (Å²) < 4.78 is 14.2. The number of thiophene rings is 1. The van der Waals surface area contributed by atoms with Gasteiger partial charge < -0.3 is 5.32 Å². The summed E-state index contributed by atoms with van der Waals surface area (Å²) >= 11 is 1.67. The van der Waals surface area contributed by atoms with Crippen LogP contribution in [0.15, 0.2) is 24.3 Å². The van der Waals surface area contributed by atoms with Crippen LogP contribution in [0.25, 0.3) is 10.1 Å². The van der Waals surface area contributed by atoms with Crippen molar-refractivity contribution in [3.05, 3.63) is 35.0 Å². The molecule has 1 heterocycles. The summed E-state index contributed by atoms with van der Waals surface area (Å²) in [6, 6.07) is 7.07. The quantitative estimate of drug-likeness (QED) is 0.812. The van der Waals surface area contributed by atoms with Gasteiger partial charge in [-0.05, 0) is 36.2 Å². The van der Waals surface area contributed by atoms with Gasteiger partial charge in [0.25, 0.3) is 0 Å². The predicted octanol–water partition coefficient (Wildman–Crippen LogP) is 3.71. The molecule has 17 heavy (non-hydrogen) atoms. The summed E-state index contributed by atoms with van der Waals surface area (Å²) in [5, 5.41) is 4.30. The van der Waals surface area contributed by atoms with E-state index >= 15 is 0 Å². The van der Waals surface area contributed by atoms with Gasteiger partial charge in [-0.3, -0.25) is 0 Å². The van der Waals surface area contributed by atoms with Crippen molar-refractivity contribution in [1.29, 1.82) is 0 Å². The molecule has 0 aliphatic heterocycles. The highest BCUT2D eigenvalue weighted by molar-refractivity contribution is 7.19. The zero-order chi connectivity index (χ0) is 12.3. The van der Waals surface area contributed by atoms with Crippen molar-refractivity contribution in [2.45, 2.75) is 19.4 Å². The molecule has 1 aromatic carbocycles. The van der Waals surface area contributed by atoms with Crippen LogP contribution in [-0.2, 0) is 0 Å². The Balaban J connectivity index is 2.37. The summed E-state index contributed by atoms with van der Waals surface area (Å²) in [4.78, 5) is 1.17. The molecule has 1 N–H and O–H groups in total. The second-order valence-corrected chi connectivity index (χ2v) is 4.96. The lowest BCUT2D eigenvalue weighted by molar-refractivity contribution is 0.574. The van der Waals surface area contributed by atoms with Gasteiger partial charge in [0.1, 0.15) is 5.82 Å². The van der Waals surface area contributed by atoms with Gasteiger partial charge in [-0.25, -0.2) is 4.39 Å². The fraction of sp³-hybridized carbons (Fsp3) is 0.286. The highest BCUT2D eigenvalue weighted by Crippen LogP contribution is 2.31. The van der Waals surface area contributed by atoms with Crippen molar-refractivity contribution in [2.24, 2.45) is 0 Å². The van der Waals surface area contributed by atoms with Crippen LogP contribution in [0.3, 0.4) is 0 Å². The van der Waals surface area contributed by atoms with Gasteiger partial charge in [0.05, 0.1) is 6.04 Å². The maximum absolute atomic E-state index is 13.1. The molecule has 0 radical (unpaired) electrons. The molecule has 1 atom stereocenters. The zero-order valence-corrected chi connectivity index (χ0v) is 10.5.